The van der Waals surface area contributed by atoms with Gasteiger partial charge in [-0.2, -0.15) is 5.10 Å². The molecule has 0 saturated heterocycles. The molecule has 5 heteroatoms. The Hall–Kier alpha value is -4.22. The van der Waals surface area contributed by atoms with E-state index in [0.717, 1.165) is 43.6 Å². The molecular weight excluding hydrogens is 438 g/mol. The Labute approximate surface area is 201 Å². The van der Waals surface area contributed by atoms with Gasteiger partial charge in [-0.05, 0) is 23.8 Å². The van der Waals surface area contributed by atoms with Crippen LogP contribution in [0.2, 0.25) is 0 Å². The lowest BCUT2D eigenvalue weighted by Crippen LogP contribution is -2.17. The lowest BCUT2D eigenvalue weighted by molar-refractivity contribution is 0.489. The Bertz CT molecular complexity index is 1470. The van der Waals surface area contributed by atoms with Crippen LogP contribution < -0.4 is 10.2 Å². The third-order valence-corrected chi connectivity index (χ3v) is 6.78. The molecule has 0 bridgehead atoms. The number of anilines is 1. The first-order valence-electron chi connectivity index (χ1n) is 11.1. The summed E-state index contributed by atoms with van der Waals surface area (Å²) in [6, 6.07) is 37.0. The van der Waals surface area contributed by atoms with Gasteiger partial charge in [0.1, 0.15) is 11.5 Å². The summed E-state index contributed by atoms with van der Waals surface area (Å²) in [4.78, 5) is 4.63. The van der Waals surface area contributed by atoms with Gasteiger partial charge < -0.3 is 4.74 Å². The Morgan fingerprint density at radius 2 is 1.50 bits per heavy atom. The summed E-state index contributed by atoms with van der Waals surface area (Å²) < 4.78 is 7.61. The lowest BCUT2D eigenvalue weighted by atomic mass is 9.82. The summed E-state index contributed by atoms with van der Waals surface area (Å²) in [5.41, 5.74) is 8.41. The van der Waals surface area contributed by atoms with Crippen molar-refractivity contribution in [3.63, 3.8) is 0 Å². The molecule has 0 radical (unpaired) electrons. The number of nitrogens with one attached hydrogen (secondary N) is 1. The zero-order valence-corrected chi connectivity index (χ0v) is 19.1. The first-order valence-corrected chi connectivity index (χ1v) is 11.9. The number of hydrogen-bond donors (Lipinski definition) is 1. The molecule has 1 atom stereocenters. The average Bonchev–Trinajstić information content (AvgIpc) is 3.32. The normalized spacial score (nSPS) is 15.4. The van der Waals surface area contributed by atoms with Crippen molar-refractivity contribution in [3.05, 3.63) is 131 Å². The van der Waals surface area contributed by atoms with E-state index < -0.39 is 0 Å². The van der Waals surface area contributed by atoms with Gasteiger partial charge in [0.2, 0.25) is 5.13 Å². The highest BCUT2D eigenvalue weighted by molar-refractivity contribution is 7.22. The van der Waals surface area contributed by atoms with Gasteiger partial charge in [0, 0.05) is 22.6 Å². The topological polar surface area (TPSA) is 46.5 Å². The molecule has 0 amide bonds. The van der Waals surface area contributed by atoms with Crippen LogP contribution in [0.4, 0.5) is 5.13 Å². The van der Waals surface area contributed by atoms with E-state index in [1.54, 1.807) is 11.3 Å². The van der Waals surface area contributed by atoms with Crippen LogP contribution in [-0.2, 0) is 0 Å². The lowest BCUT2D eigenvalue weighted by Gasteiger charge is -2.29. The number of rotatable bonds is 5. The first-order chi connectivity index (χ1) is 16.9. The van der Waals surface area contributed by atoms with E-state index in [1.165, 1.54) is 5.56 Å². The SMILES string of the molecule is C(=N/Nc1nc2ccccc2s1)/C1=C(c2ccccc2)Oc2ccccc2[C@@H]1c1ccccc1. The van der Waals surface area contributed by atoms with Gasteiger partial charge in [-0.3, -0.25) is 5.43 Å². The number of hydrogen-bond acceptors (Lipinski definition) is 5. The van der Waals surface area contributed by atoms with Crippen molar-refractivity contribution >= 4 is 38.7 Å². The minimum atomic E-state index is -0.0118. The third kappa shape index (κ3) is 3.87. The summed E-state index contributed by atoms with van der Waals surface area (Å²) in [7, 11) is 0. The molecule has 5 aromatic rings. The maximum Gasteiger partial charge on any atom is 0.204 e. The largest absolute Gasteiger partial charge is 0.456 e. The van der Waals surface area contributed by atoms with Crippen LogP contribution in [0.1, 0.15) is 22.6 Å². The van der Waals surface area contributed by atoms with Crippen molar-refractivity contribution in [1.29, 1.82) is 0 Å². The van der Waals surface area contributed by atoms with Crippen LogP contribution in [0, 0.1) is 0 Å². The van der Waals surface area contributed by atoms with Gasteiger partial charge in [0.15, 0.2) is 0 Å². The van der Waals surface area contributed by atoms with E-state index in [9.17, 15) is 0 Å². The number of thiazole rings is 1. The molecule has 2 heterocycles. The van der Waals surface area contributed by atoms with Gasteiger partial charge >= 0.3 is 0 Å². The van der Waals surface area contributed by atoms with Gasteiger partial charge in [0.25, 0.3) is 0 Å². The first kappa shape index (κ1) is 20.4. The van der Waals surface area contributed by atoms with Gasteiger partial charge in [-0.25, -0.2) is 4.98 Å². The van der Waals surface area contributed by atoms with Crippen LogP contribution in [0.15, 0.2) is 120 Å². The Morgan fingerprint density at radius 3 is 2.32 bits per heavy atom. The van der Waals surface area contributed by atoms with Crippen molar-refractivity contribution in [2.24, 2.45) is 5.10 Å². The number of aromatic nitrogens is 1. The number of fused-ring (bicyclic) bond motifs is 2. The van der Waals surface area contributed by atoms with E-state index >= 15 is 0 Å². The predicted octanol–water partition coefficient (Wildman–Crippen LogP) is 7.33. The second kappa shape index (κ2) is 8.96. The monoisotopic (exact) mass is 459 g/mol. The molecule has 4 nitrogen and oxygen atoms in total. The number of benzene rings is 4. The average molecular weight is 460 g/mol. The summed E-state index contributed by atoms with van der Waals surface area (Å²) >= 11 is 1.58. The highest BCUT2D eigenvalue weighted by Gasteiger charge is 2.30. The van der Waals surface area contributed by atoms with Gasteiger partial charge in [0.05, 0.1) is 16.4 Å². The number of para-hydroxylation sites is 2. The third-order valence-electron chi connectivity index (χ3n) is 5.84. The molecular formula is C29H21N3OS. The predicted molar refractivity (Wildman–Crippen MR) is 140 cm³/mol. The smallest absolute Gasteiger partial charge is 0.204 e. The molecule has 1 N–H and O–H groups in total. The van der Waals surface area contributed by atoms with E-state index in [-0.39, 0.29) is 5.92 Å². The molecule has 0 aliphatic carbocycles. The van der Waals surface area contributed by atoms with E-state index in [2.05, 4.69) is 70.1 Å². The standard InChI is InChI=1S/C29H21N3OS/c1-3-11-20(12-4-1)27-22-15-7-9-17-25(22)33-28(21-13-5-2-6-14-21)23(27)19-30-32-29-31-24-16-8-10-18-26(24)34-29/h1-19,27H,(H,31,32)/b30-19-/t27-/m0/s1. The van der Waals surface area contributed by atoms with Crippen molar-refractivity contribution < 1.29 is 4.74 Å². The van der Waals surface area contributed by atoms with Crippen LogP contribution in [0.3, 0.4) is 0 Å². The highest BCUT2D eigenvalue weighted by atomic mass is 32.1. The maximum atomic E-state index is 6.48. The zero-order valence-electron chi connectivity index (χ0n) is 18.3. The van der Waals surface area contributed by atoms with Crippen molar-refractivity contribution in [3.8, 4) is 5.75 Å². The van der Waals surface area contributed by atoms with E-state index in [0.29, 0.717) is 0 Å². The Kier molecular flexibility index (Phi) is 5.38. The second-order valence-electron chi connectivity index (χ2n) is 7.99. The van der Waals surface area contributed by atoms with Crippen LogP contribution >= 0.6 is 11.3 Å². The molecule has 0 fully saturated rings. The van der Waals surface area contributed by atoms with Gasteiger partial charge in [-0.15, -0.1) is 0 Å². The minimum absolute atomic E-state index is 0.0118. The minimum Gasteiger partial charge on any atom is -0.456 e. The molecule has 1 aromatic heterocycles. The van der Waals surface area contributed by atoms with Gasteiger partial charge in [-0.1, -0.05) is 102 Å². The van der Waals surface area contributed by atoms with E-state index in [1.807, 2.05) is 60.8 Å². The molecule has 1 aliphatic rings. The zero-order chi connectivity index (χ0) is 22.7. The maximum absolute atomic E-state index is 6.48. The van der Waals surface area contributed by atoms with Crippen molar-refractivity contribution in [1.82, 2.24) is 4.98 Å². The fourth-order valence-corrected chi connectivity index (χ4v) is 5.12. The molecule has 164 valence electrons. The van der Waals surface area contributed by atoms with Crippen molar-refractivity contribution in [2.45, 2.75) is 5.92 Å². The Morgan fingerprint density at radius 1 is 0.794 bits per heavy atom. The summed E-state index contributed by atoms with van der Waals surface area (Å²) in [6.45, 7) is 0. The summed E-state index contributed by atoms with van der Waals surface area (Å²) in [6.07, 6.45) is 1.88. The molecule has 0 saturated carbocycles. The molecule has 34 heavy (non-hydrogen) atoms. The van der Waals surface area contributed by atoms with Crippen LogP contribution in [0.25, 0.3) is 16.0 Å². The molecule has 0 unspecified atom stereocenters. The highest BCUT2D eigenvalue weighted by Crippen LogP contribution is 2.45. The second-order valence-corrected chi connectivity index (χ2v) is 9.02. The fourth-order valence-electron chi connectivity index (χ4n) is 4.31. The Balaban J connectivity index is 1.46. The van der Waals surface area contributed by atoms with Crippen LogP contribution in [0.5, 0.6) is 5.75 Å². The molecule has 4 aromatic carbocycles. The quantitative estimate of drug-likeness (QED) is 0.221. The summed E-state index contributed by atoms with van der Waals surface area (Å²) in [5, 5.41) is 5.38. The number of hydrazone groups is 1. The van der Waals surface area contributed by atoms with E-state index in [4.69, 9.17) is 4.74 Å². The van der Waals surface area contributed by atoms with Crippen LogP contribution in [-0.4, -0.2) is 11.2 Å². The summed E-state index contributed by atoms with van der Waals surface area (Å²) in [5.74, 6) is 1.66. The molecule has 0 spiro atoms. The molecule has 6 rings (SSSR count). The number of nitrogens with zero attached hydrogens (tertiary/aromatic N) is 2. The number of allylic oxidation sites excluding steroid dienone is 1. The molecule has 1 aliphatic heterocycles. The number of ether oxygens (including phenoxy) is 1. The van der Waals surface area contributed by atoms with Crippen molar-refractivity contribution in [2.75, 3.05) is 5.43 Å². The fraction of sp³-hybridized carbons (Fsp3) is 0.0345.